The Labute approximate surface area is 445 Å². The van der Waals surface area contributed by atoms with Gasteiger partial charge in [0, 0.05) is 411 Å². The molecule has 0 N–H and O–H groups in total. The molecule has 104 valence electrons. The minimum absolute atomic E-state index is 0. The van der Waals surface area contributed by atoms with Crippen LogP contribution in [0.4, 0.5) is 0 Å². The summed E-state index contributed by atoms with van der Waals surface area (Å²) in [5.41, 5.74) is 0. The van der Waals surface area contributed by atoms with Gasteiger partial charge in [-0.2, -0.15) is 0 Å². The molecule has 0 aliphatic carbocycles. The maximum absolute atomic E-state index is 3.54. The Balaban J connectivity index is -0.000000000331. The number of rotatable bonds is 1. The van der Waals surface area contributed by atoms with Gasteiger partial charge in [0.25, 0.3) is 0 Å². The molecule has 0 nitrogen and oxygen atoms in total. The molecule has 0 aromatic rings. The third-order valence-corrected chi connectivity index (χ3v) is 0.250. The summed E-state index contributed by atoms with van der Waals surface area (Å²) in [6, 6.07) is 0. The Kier molecular flexibility index (Phi) is 978. The normalized spacial score (nSPS) is 1.43. The summed E-state index contributed by atoms with van der Waals surface area (Å²) < 4.78 is 0. The van der Waals surface area contributed by atoms with Crippen LogP contribution in [0.3, 0.4) is 0 Å². The molecule has 0 fully saturated rings. The Bertz CT molecular complexity index is 33.4. The Morgan fingerprint density at radius 3 is 0.381 bits per heavy atom. The first-order valence-electron chi connectivity index (χ1n) is 1.50. The Morgan fingerprint density at radius 2 is 0.381 bits per heavy atom. The van der Waals surface area contributed by atoms with E-state index in [2.05, 4.69) is 13.8 Å². The second kappa shape index (κ2) is 146. The van der Waals surface area contributed by atoms with E-state index in [1.165, 1.54) is 0 Å². The Hall–Kier alpha value is 13.8. The minimum Gasteiger partial charge on any atom is -0.358 e. The molecule has 21 heavy (non-hydrogen) atoms. The standard InChI is InChI=1S/C4H8.3CH3.4W.10Y/c1-3-4-2;;;;;;;;;;;;;;;;;/h1-4H2;3*1H3;;;;;;;;;;;;;;/q-2;3*-1;;;;;;;;;;;;;;. The zero-order valence-electron chi connectivity index (χ0n) is 13.2. The van der Waals surface area contributed by atoms with Crippen LogP contribution in [-0.4, -0.2) is 0 Å². The molecule has 0 atom stereocenters. The molecular formula is C7H17W4Y10-5. The molecule has 0 saturated heterocycles. The molecule has 0 aliphatic rings. The van der Waals surface area contributed by atoms with E-state index in [1.807, 2.05) is 0 Å². The largest absolute Gasteiger partial charge is 0.358 e. The summed E-state index contributed by atoms with van der Waals surface area (Å²) in [6.45, 7) is 7.08. The zero-order valence-corrected chi connectivity index (χ0v) is 53.4. The second-order valence-electron chi connectivity index (χ2n) is 0.707. The SMILES string of the molecule is [CH2-]CC[CH2-].[CH3-].[CH3-].[CH3-].[W].[W].[W].[W].[Y].[Y].[Y].[Y].[Y].[Y].[Y].[Y].[Y].[Y]. The first kappa shape index (κ1) is 141. The molecule has 0 spiro atoms. The van der Waals surface area contributed by atoms with Crippen LogP contribution in [0.15, 0.2) is 0 Å². The van der Waals surface area contributed by atoms with Gasteiger partial charge in [-0.1, -0.05) is 0 Å². The molecule has 0 bridgehead atoms. The van der Waals surface area contributed by atoms with E-state index in [0.29, 0.717) is 0 Å². The van der Waals surface area contributed by atoms with Crippen molar-refractivity contribution in [3.63, 3.8) is 0 Å². The van der Waals surface area contributed by atoms with E-state index >= 15 is 0 Å². The van der Waals surface area contributed by atoms with Gasteiger partial charge < -0.3 is 36.1 Å². The van der Waals surface area contributed by atoms with Crippen molar-refractivity contribution in [3.8, 4) is 0 Å². The van der Waals surface area contributed by atoms with Crippen LogP contribution in [0, 0.1) is 36.1 Å². The van der Waals surface area contributed by atoms with Crippen molar-refractivity contribution in [2.75, 3.05) is 0 Å². The van der Waals surface area contributed by atoms with E-state index < -0.39 is 0 Å². The van der Waals surface area contributed by atoms with Gasteiger partial charge in [0.15, 0.2) is 0 Å². The van der Waals surface area contributed by atoms with Crippen LogP contribution < -0.4 is 0 Å². The van der Waals surface area contributed by atoms with Gasteiger partial charge >= 0.3 is 0 Å². The van der Waals surface area contributed by atoms with Crippen molar-refractivity contribution < 1.29 is 411 Å². The van der Waals surface area contributed by atoms with E-state index in [1.54, 1.807) is 0 Å². The first-order chi connectivity index (χ1) is 1.91. The monoisotopic (exact) mass is 1730 g/mol. The van der Waals surface area contributed by atoms with E-state index in [-0.39, 0.29) is 434 Å². The Morgan fingerprint density at radius 1 is 0.333 bits per heavy atom. The quantitative estimate of drug-likeness (QED) is 0.355. The van der Waals surface area contributed by atoms with Crippen LogP contribution in [0.2, 0.25) is 0 Å². The molecule has 10 radical (unpaired) electrons. The molecule has 0 heterocycles. The van der Waals surface area contributed by atoms with Gasteiger partial charge in [-0.3, -0.25) is 0 Å². The molecule has 0 saturated carbocycles. The number of unbranched alkanes of at least 4 members (excludes halogenated alkanes) is 1. The average molecular weight is 1730 g/mol. The molecule has 14 heteroatoms. The average Bonchev–Trinajstić information content (AvgIpc) is 1.37. The summed E-state index contributed by atoms with van der Waals surface area (Å²) in [6.07, 6.45) is 1.92. The van der Waals surface area contributed by atoms with E-state index in [9.17, 15) is 0 Å². The first-order valence-corrected chi connectivity index (χ1v) is 1.50. The van der Waals surface area contributed by atoms with Gasteiger partial charge in [0.2, 0.25) is 0 Å². The summed E-state index contributed by atoms with van der Waals surface area (Å²) >= 11 is 0. The fourth-order valence-electron chi connectivity index (χ4n) is 0. The van der Waals surface area contributed by atoms with Crippen molar-refractivity contribution in [3.05, 3.63) is 36.1 Å². The van der Waals surface area contributed by atoms with Gasteiger partial charge in [-0.05, 0) is 0 Å². The molecule has 0 aromatic carbocycles. The summed E-state index contributed by atoms with van der Waals surface area (Å²) in [4.78, 5) is 0. The topological polar surface area (TPSA) is 0 Å². The summed E-state index contributed by atoms with van der Waals surface area (Å²) in [5, 5.41) is 0. The molecular weight excluding hydrogens is 1710 g/mol. The predicted octanol–water partition coefficient (Wildman–Crippen LogP) is 2.75. The van der Waals surface area contributed by atoms with Gasteiger partial charge in [0.05, 0.1) is 0 Å². The third-order valence-electron chi connectivity index (χ3n) is 0.250. The minimum atomic E-state index is 0. The molecule has 0 aromatic heterocycles. The van der Waals surface area contributed by atoms with Crippen LogP contribution in [0.5, 0.6) is 0 Å². The molecule has 0 unspecified atom stereocenters. The maximum atomic E-state index is 3.54. The summed E-state index contributed by atoms with van der Waals surface area (Å²) in [5.74, 6) is 0. The molecule has 0 rings (SSSR count). The van der Waals surface area contributed by atoms with Crippen molar-refractivity contribution in [2.24, 2.45) is 0 Å². The molecule has 0 aliphatic heterocycles. The fourth-order valence-corrected chi connectivity index (χ4v) is 0. The van der Waals surface area contributed by atoms with Crippen LogP contribution in [-0.2, 0) is 411 Å². The van der Waals surface area contributed by atoms with Gasteiger partial charge in [-0.15, -0.1) is 0 Å². The van der Waals surface area contributed by atoms with Crippen LogP contribution >= 0.6 is 0 Å². The summed E-state index contributed by atoms with van der Waals surface area (Å²) in [7, 11) is 0. The van der Waals surface area contributed by atoms with Crippen molar-refractivity contribution in [2.45, 2.75) is 12.8 Å². The predicted molar refractivity (Wildman–Crippen MR) is 39.2 cm³/mol. The van der Waals surface area contributed by atoms with Gasteiger partial charge in [-0.25, -0.2) is 12.8 Å². The third kappa shape index (κ3) is 156. The van der Waals surface area contributed by atoms with Crippen molar-refractivity contribution in [1.29, 1.82) is 0 Å². The van der Waals surface area contributed by atoms with Gasteiger partial charge in [0.1, 0.15) is 0 Å². The second-order valence-corrected chi connectivity index (χ2v) is 0.707. The van der Waals surface area contributed by atoms with Crippen molar-refractivity contribution >= 4 is 0 Å². The van der Waals surface area contributed by atoms with E-state index in [0.717, 1.165) is 12.8 Å². The fraction of sp³-hybridized carbons (Fsp3) is 0.286. The smallest absolute Gasteiger partial charge is 0 e. The van der Waals surface area contributed by atoms with E-state index in [4.69, 9.17) is 0 Å². The van der Waals surface area contributed by atoms with Crippen LogP contribution in [0.1, 0.15) is 12.8 Å². The van der Waals surface area contributed by atoms with Crippen molar-refractivity contribution in [1.82, 2.24) is 0 Å². The number of hydrogen-bond donors (Lipinski definition) is 0. The zero-order chi connectivity index (χ0) is 3.41. The maximum Gasteiger partial charge on any atom is 0 e. The molecule has 0 amide bonds. The van der Waals surface area contributed by atoms with Crippen LogP contribution in [0.25, 0.3) is 0 Å². The number of hydrogen-bond acceptors (Lipinski definition) is 0.